The molecule has 1 aromatic carbocycles. The number of thioether (sulfide) groups is 1. The van der Waals surface area contributed by atoms with E-state index < -0.39 is 0 Å². The molecule has 0 radical (unpaired) electrons. The number of allylic oxidation sites excluding steroid dienone is 1. The predicted octanol–water partition coefficient (Wildman–Crippen LogP) is 3.32. The molecule has 0 atom stereocenters. The molecule has 0 N–H and O–H groups in total. The van der Waals surface area contributed by atoms with Gasteiger partial charge in [-0.15, -0.1) is 0 Å². The van der Waals surface area contributed by atoms with Gasteiger partial charge in [-0.25, -0.2) is 9.50 Å². The summed E-state index contributed by atoms with van der Waals surface area (Å²) in [6.07, 6.45) is 6.19. The highest BCUT2D eigenvalue weighted by molar-refractivity contribution is 8.03. The molecule has 2 aromatic heterocycles. The fourth-order valence-corrected chi connectivity index (χ4v) is 4.09. The Balaban J connectivity index is 1.80. The minimum atomic E-state index is 0.931. The van der Waals surface area contributed by atoms with Crippen LogP contribution in [-0.2, 0) is 0 Å². The number of aromatic nitrogens is 3. The molecule has 4 rings (SSSR count). The van der Waals surface area contributed by atoms with E-state index in [1.807, 2.05) is 36.3 Å². The number of para-hydroxylation sites is 1. The van der Waals surface area contributed by atoms with Gasteiger partial charge in [0.25, 0.3) is 0 Å². The van der Waals surface area contributed by atoms with E-state index in [1.165, 1.54) is 15.6 Å². The maximum absolute atomic E-state index is 4.57. The van der Waals surface area contributed by atoms with Crippen LogP contribution in [0.3, 0.4) is 0 Å². The van der Waals surface area contributed by atoms with Crippen molar-refractivity contribution in [3.8, 4) is 0 Å². The summed E-state index contributed by atoms with van der Waals surface area (Å²) in [5.41, 5.74) is 4.30. The van der Waals surface area contributed by atoms with Crippen LogP contribution in [0.4, 0.5) is 5.69 Å². The maximum Gasteiger partial charge on any atom is 0.162 e. The molecule has 5 heteroatoms. The average molecular weight is 322 g/mol. The normalized spacial score (nSPS) is 16.7. The second kappa shape index (κ2) is 5.42. The lowest BCUT2D eigenvalue weighted by molar-refractivity contribution is 0.907. The lowest BCUT2D eigenvalue weighted by Crippen LogP contribution is -2.16. The molecule has 3 aromatic rings. The number of aryl methyl sites for hydroxylation is 2. The van der Waals surface area contributed by atoms with Crippen LogP contribution in [0.25, 0.3) is 11.7 Å². The van der Waals surface area contributed by atoms with E-state index in [0.29, 0.717) is 0 Å². The lowest BCUT2D eigenvalue weighted by Gasteiger charge is -2.17. The molecule has 0 unspecified atom stereocenters. The Bertz CT molecular complexity index is 970. The Labute approximate surface area is 139 Å². The summed E-state index contributed by atoms with van der Waals surface area (Å²) in [4.78, 5) is 8.14. The molecule has 3 heterocycles. The third-order valence-electron chi connectivity index (χ3n) is 4.13. The lowest BCUT2D eigenvalue weighted by atomic mass is 10.3. The van der Waals surface area contributed by atoms with Gasteiger partial charge in [-0.05, 0) is 45.1 Å². The summed E-state index contributed by atoms with van der Waals surface area (Å²) < 4.78 is 1.91. The second-order valence-electron chi connectivity index (χ2n) is 5.62. The topological polar surface area (TPSA) is 33.4 Å². The molecule has 116 valence electrons. The van der Waals surface area contributed by atoms with Crippen LogP contribution in [0.5, 0.6) is 0 Å². The molecular weight excluding hydrogens is 304 g/mol. The van der Waals surface area contributed by atoms with Gasteiger partial charge in [-0.3, -0.25) is 0 Å². The predicted molar refractivity (Wildman–Crippen MR) is 95.5 cm³/mol. The Kier molecular flexibility index (Phi) is 3.38. The van der Waals surface area contributed by atoms with E-state index in [-0.39, 0.29) is 0 Å². The zero-order valence-electron chi connectivity index (χ0n) is 13.4. The van der Waals surface area contributed by atoms with Gasteiger partial charge in [0.05, 0.1) is 28.3 Å². The molecule has 0 bridgehead atoms. The average Bonchev–Trinajstić information content (AvgIpc) is 3.18. The first kappa shape index (κ1) is 14.3. The number of rotatable bonds is 2. The minimum absolute atomic E-state index is 0.931. The van der Waals surface area contributed by atoms with E-state index in [1.54, 1.807) is 0 Å². The van der Waals surface area contributed by atoms with Crippen molar-refractivity contribution in [2.75, 3.05) is 11.4 Å². The smallest absolute Gasteiger partial charge is 0.162 e. The number of hydrogen-bond acceptors (Lipinski definition) is 4. The molecule has 0 saturated heterocycles. The van der Waals surface area contributed by atoms with E-state index in [2.05, 4.69) is 58.3 Å². The first-order valence-corrected chi connectivity index (χ1v) is 8.57. The van der Waals surface area contributed by atoms with Crippen molar-refractivity contribution in [1.82, 2.24) is 14.6 Å². The summed E-state index contributed by atoms with van der Waals surface area (Å²) in [5.74, 6) is 0. The highest BCUT2D eigenvalue weighted by atomic mass is 32.2. The number of fused-ring (bicyclic) bond motifs is 2. The Morgan fingerprint density at radius 1 is 1.17 bits per heavy atom. The van der Waals surface area contributed by atoms with Crippen LogP contribution in [-0.4, -0.2) is 21.1 Å². The quantitative estimate of drug-likeness (QED) is 0.725. The Morgan fingerprint density at radius 3 is 2.83 bits per heavy atom. The number of nitrogens with zero attached hydrogens (tertiary/aromatic N) is 4. The highest BCUT2D eigenvalue weighted by Crippen LogP contribution is 2.45. The molecule has 0 spiro atoms. The van der Waals surface area contributed by atoms with Crippen molar-refractivity contribution in [1.29, 1.82) is 0 Å². The van der Waals surface area contributed by atoms with Crippen molar-refractivity contribution in [2.24, 2.45) is 0 Å². The summed E-state index contributed by atoms with van der Waals surface area (Å²) in [6, 6.07) is 8.54. The molecule has 23 heavy (non-hydrogen) atoms. The number of imidazole rings is 1. The monoisotopic (exact) mass is 322 g/mol. The summed E-state index contributed by atoms with van der Waals surface area (Å²) in [6.45, 7) is 7.20. The third-order valence-corrected chi connectivity index (χ3v) is 5.27. The van der Waals surface area contributed by atoms with Gasteiger partial charge < -0.3 is 4.90 Å². The van der Waals surface area contributed by atoms with Crippen LogP contribution in [0.2, 0.25) is 0 Å². The SMILES string of the molecule is CCN1/C(=C\C=c2\c(C)nn3c(C)cnc23)Sc2ccccc21. The summed E-state index contributed by atoms with van der Waals surface area (Å²) in [7, 11) is 0. The maximum atomic E-state index is 4.57. The first-order chi connectivity index (χ1) is 11.2. The number of anilines is 1. The van der Waals surface area contributed by atoms with E-state index in [0.717, 1.165) is 28.8 Å². The molecule has 4 nitrogen and oxygen atoms in total. The zero-order valence-corrected chi connectivity index (χ0v) is 14.3. The molecule has 0 amide bonds. The Morgan fingerprint density at radius 2 is 2.00 bits per heavy atom. The van der Waals surface area contributed by atoms with E-state index >= 15 is 0 Å². The summed E-state index contributed by atoms with van der Waals surface area (Å²) in [5, 5.41) is 6.91. The van der Waals surface area contributed by atoms with Crippen molar-refractivity contribution >= 4 is 29.2 Å². The van der Waals surface area contributed by atoms with Gasteiger partial charge in [-0.2, -0.15) is 5.10 Å². The largest absolute Gasteiger partial charge is 0.335 e. The zero-order chi connectivity index (χ0) is 16.0. The van der Waals surface area contributed by atoms with Crippen LogP contribution in [0.15, 0.2) is 46.5 Å². The third kappa shape index (κ3) is 2.23. The van der Waals surface area contributed by atoms with Crippen molar-refractivity contribution in [3.63, 3.8) is 0 Å². The van der Waals surface area contributed by atoms with Crippen LogP contribution >= 0.6 is 11.8 Å². The molecule has 0 fully saturated rings. The van der Waals surface area contributed by atoms with Crippen molar-refractivity contribution in [2.45, 2.75) is 25.7 Å². The van der Waals surface area contributed by atoms with Gasteiger partial charge in [0.2, 0.25) is 0 Å². The van der Waals surface area contributed by atoms with E-state index in [9.17, 15) is 0 Å². The second-order valence-corrected chi connectivity index (χ2v) is 6.68. The molecular formula is C18H18N4S. The van der Waals surface area contributed by atoms with Crippen molar-refractivity contribution in [3.05, 3.63) is 58.2 Å². The number of benzene rings is 1. The van der Waals surface area contributed by atoms with Gasteiger partial charge in [0.15, 0.2) is 5.65 Å². The highest BCUT2D eigenvalue weighted by Gasteiger charge is 2.22. The van der Waals surface area contributed by atoms with Crippen molar-refractivity contribution < 1.29 is 0 Å². The van der Waals surface area contributed by atoms with Crippen LogP contribution < -0.4 is 10.1 Å². The molecule has 1 aliphatic heterocycles. The molecule has 1 aliphatic rings. The molecule has 0 saturated carbocycles. The van der Waals surface area contributed by atoms with Gasteiger partial charge >= 0.3 is 0 Å². The van der Waals surface area contributed by atoms with E-state index in [4.69, 9.17) is 0 Å². The number of hydrogen-bond donors (Lipinski definition) is 0. The van der Waals surface area contributed by atoms with Crippen LogP contribution in [0.1, 0.15) is 18.3 Å². The standard InChI is InChI=1S/C18H18N4S/c1-4-21-15-7-5-6-8-16(15)23-17(21)10-9-14-13(3)20-22-12(2)11-19-18(14)22/h5-11H,4H2,1-3H3/b14-9-,17-10+. The summed E-state index contributed by atoms with van der Waals surface area (Å²) >= 11 is 1.82. The van der Waals surface area contributed by atoms with Gasteiger partial charge in [0.1, 0.15) is 0 Å². The fourth-order valence-electron chi connectivity index (χ4n) is 2.96. The van der Waals surface area contributed by atoms with Gasteiger partial charge in [-0.1, -0.05) is 23.9 Å². The van der Waals surface area contributed by atoms with Gasteiger partial charge in [0, 0.05) is 16.7 Å². The van der Waals surface area contributed by atoms with Crippen LogP contribution in [0, 0.1) is 13.8 Å². The Hall–Kier alpha value is -2.27. The minimum Gasteiger partial charge on any atom is -0.335 e. The fraction of sp³-hybridized carbons (Fsp3) is 0.222. The molecule has 0 aliphatic carbocycles. The first-order valence-electron chi connectivity index (χ1n) is 7.76.